The standard InChI is InChI=1S/C21H21N3O5/c1-13-2-4-17(18(10-13)24(27)28)23-8-6-14(7-9-23)21(26)15-3-5-19-16(11-15)22-20(25)12-29-19/h2-5,10-11,14H,6-9,12H2,1H3,(H,22,25). The number of rotatable bonds is 4. The molecule has 2 heterocycles. The van der Waals surface area contributed by atoms with E-state index < -0.39 is 0 Å². The van der Waals surface area contributed by atoms with E-state index >= 15 is 0 Å². The molecule has 8 nitrogen and oxygen atoms in total. The number of carbonyl (C=O) groups is 2. The average molecular weight is 395 g/mol. The van der Waals surface area contributed by atoms with Crippen molar-refractivity contribution in [3.8, 4) is 5.75 Å². The van der Waals surface area contributed by atoms with Gasteiger partial charge in [0.15, 0.2) is 12.4 Å². The van der Waals surface area contributed by atoms with Crippen LogP contribution in [-0.2, 0) is 4.79 Å². The Morgan fingerprint density at radius 2 is 1.97 bits per heavy atom. The summed E-state index contributed by atoms with van der Waals surface area (Å²) in [6, 6.07) is 10.3. The molecule has 8 heteroatoms. The van der Waals surface area contributed by atoms with Gasteiger partial charge in [-0.15, -0.1) is 0 Å². The Labute approximate surface area is 167 Å². The van der Waals surface area contributed by atoms with Gasteiger partial charge in [0.2, 0.25) is 0 Å². The molecule has 0 aromatic heterocycles. The number of Topliss-reactive ketones (excluding diaryl/α,β-unsaturated/α-hetero) is 1. The zero-order chi connectivity index (χ0) is 20.5. The molecule has 2 aromatic rings. The molecule has 2 aromatic carbocycles. The minimum atomic E-state index is -0.358. The van der Waals surface area contributed by atoms with Gasteiger partial charge in [-0.1, -0.05) is 6.07 Å². The van der Waals surface area contributed by atoms with Gasteiger partial charge in [-0.05, 0) is 49.6 Å². The van der Waals surface area contributed by atoms with Crippen molar-refractivity contribution < 1.29 is 19.2 Å². The van der Waals surface area contributed by atoms with Gasteiger partial charge in [0, 0.05) is 30.6 Å². The molecule has 1 fully saturated rings. The molecule has 1 N–H and O–H groups in total. The lowest BCUT2D eigenvalue weighted by Crippen LogP contribution is -2.36. The summed E-state index contributed by atoms with van der Waals surface area (Å²) in [7, 11) is 0. The van der Waals surface area contributed by atoms with Crippen LogP contribution >= 0.6 is 0 Å². The van der Waals surface area contributed by atoms with Crippen molar-refractivity contribution in [1.82, 2.24) is 0 Å². The summed E-state index contributed by atoms with van der Waals surface area (Å²) in [5.41, 5.74) is 2.59. The highest BCUT2D eigenvalue weighted by Gasteiger charge is 2.29. The molecule has 150 valence electrons. The Morgan fingerprint density at radius 1 is 1.21 bits per heavy atom. The Morgan fingerprint density at radius 3 is 2.69 bits per heavy atom. The van der Waals surface area contributed by atoms with E-state index in [0.29, 0.717) is 48.6 Å². The van der Waals surface area contributed by atoms with E-state index in [9.17, 15) is 19.7 Å². The largest absolute Gasteiger partial charge is 0.482 e. The van der Waals surface area contributed by atoms with Crippen LogP contribution in [-0.4, -0.2) is 36.3 Å². The first-order valence-electron chi connectivity index (χ1n) is 9.53. The molecule has 2 aliphatic heterocycles. The second-order valence-corrected chi connectivity index (χ2v) is 7.42. The van der Waals surface area contributed by atoms with E-state index in [1.165, 1.54) is 0 Å². The molecular formula is C21H21N3O5. The molecule has 29 heavy (non-hydrogen) atoms. The van der Waals surface area contributed by atoms with E-state index in [1.807, 2.05) is 17.9 Å². The van der Waals surface area contributed by atoms with Gasteiger partial charge in [-0.2, -0.15) is 0 Å². The smallest absolute Gasteiger partial charge is 0.292 e. The summed E-state index contributed by atoms with van der Waals surface area (Å²) in [5, 5.41) is 14.1. The summed E-state index contributed by atoms with van der Waals surface area (Å²) in [6.45, 7) is 2.95. The number of hydrogen-bond donors (Lipinski definition) is 1. The molecule has 0 atom stereocenters. The summed E-state index contributed by atoms with van der Waals surface area (Å²) in [5.74, 6) is 0.178. The summed E-state index contributed by atoms with van der Waals surface area (Å²) < 4.78 is 5.33. The van der Waals surface area contributed by atoms with Gasteiger partial charge in [0.25, 0.3) is 11.6 Å². The van der Waals surface area contributed by atoms with E-state index in [4.69, 9.17) is 4.74 Å². The van der Waals surface area contributed by atoms with Crippen LogP contribution in [0.4, 0.5) is 17.1 Å². The fourth-order valence-corrected chi connectivity index (χ4v) is 3.90. The number of nitrogens with zero attached hydrogens (tertiary/aromatic N) is 2. The summed E-state index contributed by atoms with van der Waals surface area (Å²) >= 11 is 0. The van der Waals surface area contributed by atoms with Gasteiger partial charge in [0.1, 0.15) is 11.4 Å². The molecule has 0 radical (unpaired) electrons. The van der Waals surface area contributed by atoms with Crippen molar-refractivity contribution >= 4 is 28.8 Å². The first-order chi connectivity index (χ1) is 13.9. The second kappa shape index (κ2) is 7.54. The van der Waals surface area contributed by atoms with Crippen LogP contribution in [0.5, 0.6) is 5.75 Å². The fourth-order valence-electron chi connectivity index (χ4n) is 3.90. The molecule has 1 amide bonds. The number of hydrogen-bond acceptors (Lipinski definition) is 6. The minimum absolute atomic E-state index is 0.0191. The third kappa shape index (κ3) is 3.78. The zero-order valence-corrected chi connectivity index (χ0v) is 16.0. The lowest BCUT2D eigenvalue weighted by atomic mass is 9.88. The Hall–Kier alpha value is -3.42. The maximum atomic E-state index is 12.9. The molecule has 0 aliphatic carbocycles. The first kappa shape index (κ1) is 18.9. The minimum Gasteiger partial charge on any atom is -0.482 e. The van der Waals surface area contributed by atoms with Crippen molar-refractivity contribution in [2.45, 2.75) is 19.8 Å². The number of ketones is 1. The Kier molecular flexibility index (Phi) is 4.92. The molecule has 0 spiro atoms. The number of carbonyl (C=O) groups excluding carboxylic acids is 2. The molecule has 0 unspecified atom stereocenters. The number of nitrogens with one attached hydrogen (secondary N) is 1. The highest BCUT2D eigenvalue weighted by atomic mass is 16.6. The number of benzene rings is 2. The summed E-state index contributed by atoms with van der Waals surface area (Å²) in [4.78, 5) is 37.5. The average Bonchev–Trinajstić information content (AvgIpc) is 2.72. The number of piperidine rings is 1. The zero-order valence-electron chi connectivity index (χ0n) is 16.0. The van der Waals surface area contributed by atoms with E-state index in [0.717, 1.165) is 5.56 Å². The third-order valence-electron chi connectivity index (χ3n) is 5.43. The third-order valence-corrected chi connectivity index (χ3v) is 5.43. The van der Waals surface area contributed by atoms with Crippen LogP contribution in [0.2, 0.25) is 0 Å². The second-order valence-electron chi connectivity index (χ2n) is 7.42. The molecule has 0 saturated carbocycles. The van der Waals surface area contributed by atoms with Crippen LogP contribution in [0.25, 0.3) is 0 Å². The fraction of sp³-hybridized carbons (Fsp3) is 0.333. The maximum Gasteiger partial charge on any atom is 0.292 e. The molecule has 0 bridgehead atoms. The highest BCUT2D eigenvalue weighted by molar-refractivity contribution is 6.01. The first-order valence-corrected chi connectivity index (χ1v) is 9.53. The topological polar surface area (TPSA) is 102 Å². The van der Waals surface area contributed by atoms with Gasteiger partial charge < -0.3 is 15.0 Å². The van der Waals surface area contributed by atoms with E-state index in [-0.39, 0.29) is 34.8 Å². The number of anilines is 2. The predicted octanol–water partition coefficient (Wildman–Crippen LogP) is 3.33. The highest BCUT2D eigenvalue weighted by Crippen LogP contribution is 2.34. The number of ether oxygens (including phenoxy) is 1. The van der Waals surface area contributed by atoms with Crippen molar-refractivity contribution in [1.29, 1.82) is 0 Å². The quantitative estimate of drug-likeness (QED) is 0.484. The SMILES string of the molecule is Cc1ccc(N2CCC(C(=O)c3ccc4c(c3)NC(=O)CO4)CC2)c([N+](=O)[O-])c1. The maximum absolute atomic E-state index is 12.9. The molecule has 4 rings (SSSR count). The molecule has 2 aliphatic rings. The van der Waals surface area contributed by atoms with Crippen molar-refractivity contribution in [3.05, 3.63) is 57.6 Å². The van der Waals surface area contributed by atoms with Gasteiger partial charge in [-0.25, -0.2) is 0 Å². The Balaban J connectivity index is 1.46. The number of aryl methyl sites for hydroxylation is 1. The van der Waals surface area contributed by atoms with Crippen molar-refractivity contribution in [2.75, 3.05) is 29.9 Å². The summed E-state index contributed by atoms with van der Waals surface area (Å²) in [6.07, 6.45) is 1.23. The predicted molar refractivity (Wildman–Crippen MR) is 108 cm³/mol. The number of amides is 1. The van der Waals surface area contributed by atoms with Gasteiger partial charge >= 0.3 is 0 Å². The van der Waals surface area contributed by atoms with Crippen LogP contribution in [0.3, 0.4) is 0 Å². The van der Waals surface area contributed by atoms with Gasteiger partial charge in [-0.3, -0.25) is 19.7 Å². The van der Waals surface area contributed by atoms with Crippen LogP contribution in [0, 0.1) is 23.0 Å². The monoisotopic (exact) mass is 395 g/mol. The van der Waals surface area contributed by atoms with E-state index in [2.05, 4.69) is 5.32 Å². The normalized spacial score (nSPS) is 16.6. The van der Waals surface area contributed by atoms with Crippen LogP contribution in [0.15, 0.2) is 36.4 Å². The van der Waals surface area contributed by atoms with E-state index in [1.54, 1.807) is 30.3 Å². The van der Waals surface area contributed by atoms with Gasteiger partial charge in [0.05, 0.1) is 10.6 Å². The lowest BCUT2D eigenvalue weighted by molar-refractivity contribution is -0.384. The molecule has 1 saturated heterocycles. The molecular weight excluding hydrogens is 374 g/mol. The van der Waals surface area contributed by atoms with Crippen LogP contribution < -0.4 is 15.0 Å². The lowest BCUT2D eigenvalue weighted by Gasteiger charge is -2.32. The number of nitro groups is 1. The Bertz CT molecular complexity index is 996. The number of fused-ring (bicyclic) bond motifs is 1. The van der Waals surface area contributed by atoms with Crippen molar-refractivity contribution in [3.63, 3.8) is 0 Å². The van der Waals surface area contributed by atoms with Crippen LogP contribution in [0.1, 0.15) is 28.8 Å². The number of nitro benzene ring substituents is 1. The van der Waals surface area contributed by atoms with Crippen molar-refractivity contribution in [2.24, 2.45) is 5.92 Å².